The Morgan fingerprint density at radius 2 is 1.61 bits per heavy atom. The quantitative estimate of drug-likeness (QED) is 0.209. The van der Waals surface area contributed by atoms with Crippen LogP contribution in [-0.4, -0.2) is 26.0 Å². The zero-order valence-corrected chi connectivity index (χ0v) is 22.5. The minimum absolute atomic E-state index is 0.140. The van der Waals surface area contributed by atoms with Crippen LogP contribution in [0.1, 0.15) is 16.4 Å². The number of carbonyl (C=O) groups excluding carboxylic acids is 2. The van der Waals surface area contributed by atoms with Crippen LogP contribution in [0.25, 0.3) is 0 Å². The lowest BCUT2D eigenvalue weighted by molar-refractivity contribution is -0.116. The molecule has 8 heteroatoms. The molecule has 0 aliphatic rings. The maximum atomic E-state index is 13.5. The normalized spacial score (nSPS) is 11.3. The minimum Gasteiger partial charge on any atom is -0.497 e. The number of benzene rings is 4. The highest BCUT2D eigenvalue weighted by Gasteiger charge is 2.23. The second-order valence-electron chi connectivity index (χ2n) is 8.34. The molecule has 0 fully saturated rings. The van der Waals surface area contributed by atoms with E-state index in [0.717, 1.165) is 16.0 Å². The summed E-state index contributed by atoms with van der Waals surface area (Å²) in [5.41, 5.74) is 2.91. The van der Waals surface area contributed by atoms with E-state index in [9.17, 15) is 9.59 Å². The Morgan fingerprint density at radius 3 is 2.32 bits per heavy atom. The van der Waals surface area contributed by atoms with Gasteiger partial charge < -0.3 is 20.1 Å². The van der Waals surface area contributed by atoms with Crippen LogP contribution in [0, 0.1) is 0 Å². The Hall–Kier alpha value is -3.94. The third-order valence-electron chi connectivity index (χ3n) is 5.66. The van der Waals surface area contributed by atoms with Crippen molar-refractivity contribution < 1.29 is 19.1 Å². The van der Waals surface area contributed by atoms with Gasteiger partial charge in [0.05, 0.1) is 26.3 Å². The summed E-state index contributed by atoms with van der Waals surface area (Å²) in [6.07, 6.45) is 0.229. The van der Waals surface area contributed by atoms with Crippen LogP contribution in [0.15, 0.2) is 102 Å². The number of nitrogens with one attached hydrogen (secondary N) is 2. The van der Waals surface area contributed by atoms with Crippen molar-refractivity contribution in [3.8, 4) is 11.5 Å². The number of rotatable bonds is 10. The van der Waals surface area contributed by atoms with E-state index >= 15 is 0 Å². The number of amides is 2. The number of carbonyl (C=O) groups is 2. The molecule has 0 radical (unpaired) electrons. The lowest BCUT2D eigenvalue weighted by atomic mass is 10.1. The van der Waals surface area contributed by atoms with Crippen molar-refractivity contribution in [2.45, 2.75) is 16.6 Å². The van der Waals surface area contributed by atoms with Crippen LogP contribution in [0.4, 0.5) is 11.4 Å². The second kappa shape index (κ2) is 13.0. The van der Waals surface area contributed by atoms with Crippen molar-refractivity contribution in [3.63, 3.8) is 0 Å². The molecule has 0 saturated carbocycles. The van der Waals surface area contributed by atoms with Gasteiger partial charge in [-0.3, -0.25) is 9.59 Å². The van der Waals surface area contributed by atoms with Crippen LogP contribution in [0.5, 0.6) is 11.5 Å². The van der Waals surface area contributed by atoms with Gasteiger partial charge in [0.15, 0.2) is 0 Å². The fraction of sp³-hybridized carbons (Fsp3) is 0.133. The highest BCUT2D eigenvalue weighted by atomic mass is 35.5. The number of halogens is 1. The maximum Gasteiger partial charge on any atom is 0.242 e. The van der Waals surface area contributed by atoms with Crippen LogP contribution < -0.4 is 20.1 Å². The molecule has 1 unspecified atom stereocenters. The standard InChI is InChI=1S/C30H27ClN2O4S/c1-36-24-15-16-26(27(19-24)37-2)33-30(35)29(21-7-4-3-5-8-21)38-25-10-6-9-23(18-25)32-28(34)17-20-11-13-22(31)14-12-20/h3-16,18-19,29H,17H2,1-2H3,(H,32,34)(H,33,35). The Morgan fingerprint density at radius 1 is 0.842 bits per heavy atom. The maximum absolute atomic E-state index is 13.5. The third kappa shape index (κ3) is 7.31. The summed E-state index contributed by atoms with van der Waals surface area (Å²) in [6, 6.07) is 29.4. The van der Waals surface area contributed by atoms with Gasteiger partial charge >= 0.3 is 0 Å². The average Bonchev–Trinajstić information content (AvgIpc) is 2.93. The summed E-state index contributed by atoms with van der Waals surface area (Å²) in [4.78, 5) is 27.0. The molecule has 0 saturated heterocycles. The Kier molecular flexibility index (Phi) is 9.30. The average molecular weight is 547 g/mol. The van der Waals surface area contributed by atoms with E-state index in [1.807, 2.05) is 66.7 Å². The molecule has 4 rings (SSSR count). The number of methoxy groups -OCH3 is 2. The molecule has 0 aromatic heterocycles. The largest absolute Gasteiger partial charge is 0.497 e. The van der Waals surface area contributed by atoms with Gasteiger partial charge in [-0.2, -0.15) is 0 Å². The van der Waals surface area contributed by atoms with E-state index in [-0.39, 0.29) is 18.2 Å². The van der Waals surface area contributed by atoms with Gasteiger partial charge in [-0.1, -0.05) is 60.1 Å². The SMILES string of the molecule is COc1ccc(NC(=O)C(Sc2cccc(NC(=O)Cc3ccc(Cl)cc3)c2)c2ccccc2)c(OC)c1. The zero-order chi connectivity index (χ0) is 26.9. The molecule has 4 aromatic carbocycles. The summed E-state index contributed by atoms with van der Waals surface area (Å²) in [5.74, 6) is 0.781. The number of ether oxygens (including phenoxy) is 2. The predicted molar refractivity (Wildman–Crippen MR) is 153 cm³/mol. The lowest BCUT2D eigenvalue weighted by Gasteiger charge is -2.19. The van der Waals surface area contributed by atoms with E-state index in [1.165, 1.54) is 11.8 Å². The van der Waals surface area contributed by atoms with E-state index in [4.69, 9.17) is 21.1 Å². The van der Waals surface area contributed by atoms with E-state index < -0.39 is 5.25 Å². The van der Waals surface area contributed by atoms with E-state index in [1.54, 1.807) is 44.6 Å². The van der Waals surface area contributed by atoms with Gasteiger partial charge in [0.2, 0.25) is 11.8 Å². The highest BCUT2D eigenvalue weighted by molar-refractivity contribution is 8.00. The van der Waals surface area contributed by atoms with Crippen molar-refractivity contribution in [2.24, 2.45) is 0 Å². The van der Waals surface area contributed by atoms with Crippen molar-refractivity contribution in [3.05, 3.63) is 113 Å². The van der Waals surface area contributed by atoms with Gasteiger partial charge in [-0.25, -0.2) is 0 Å². The summed E-state index contributed by atoms with van der Waals surface area (Å²) in [6.45, 7) is 0. The molecule has 194 valence electrons. The summed E-state index contributed by atoms with van der Waals surface area (Å²) < 4.78 is 10.7. The molecule has 0 aliphatic carbocycles. The molecule has 6 nitrogen and oxygen atoms in total. The van der Waals surface area contributed by atoms with Crippen molar-refractivity contribution in [1.29, 1.82) is 0 Å². The molecule has 38 heavy (non-hydrogen) atoms. The van der Waals surface area contributed by atoms with Gasteiger partial charge in [-0.05, 0) is 53.6 Å². The first kappa shape index (κ1) is 27.1. The summed E-state index contributed by atoms with van der Waals surface area (Å²) in [5, 5.41) is 6.00. The predicted octanol–water partition coefficient (Wildman–Crippen LogP) is 7.01. The molecule has 2 N–H and O–H groups in total. The third-order valence-corrected chi connectivity index (χ3v) is 7.16. The van der Waals surface area contributed by atoms with Crippen molar-refractivity contribution in [1.82, 2.24) is 0 Å². The van der Waals surface area contributed by atoms with Gasteiger partial charge in [0.1, 0.15) is 16.7 Å². The van der Waals surface area contributed by atoms with Crippen LogP contribution in [0.2, 0.25) is 5.02 Å². The van der Waals surface area contributed by atoms with Gasteiger partial charge in [-0.15, -0.1) is 11.8 Å². The first-order valence-corrected chi connectivity index (χ1v) is 13.1. The van der Waals surface area contributed by atoms with Crippen LogP contribution >= 0.6 is 23.4 Å². The van der Waals surface area contributed by atoms with E-state index in [2.05, 4.69) is 10.6 Å². The molecule has 4 aromatic rings. The van der Waals surface area contributed by atoms with Crippen molar-refractivity contribution in [2.75, 3.05) is 24.9 Å². The van der Waals surface area contributed by atoms with Crippen LogP contribution in [-0.2, 0) is 16.0 Å². The lowest BCUT2D eigenvalue weighted by Crippen LogP contribution is -2.19. The first-order valence-electron chi connectivity index (χ1n) is 11.8. The Labute approximate surface area is 231 Å². The smallest absolute Gasteiger partial charge is 0.242 e. The monoisotopic (exact) mass is 546 g/mol. The second-order valence-corrected chi connectivity index (χ2v) is 9.96. The fourth-order valence-electron chi connectivity index (χ4n) is 3.78. The molecule has 0 aliphatic heterocycles. The molecule has 0 bridgehead atoms. The van der Waals surface area contributed by atoms with Gasteiger partial charge in [0.25, 0.3) is 0 Å². The molecular formula is C30H27ClN2O4S. The van der Waals surface area contributed by atoms with Crippen LogP contribution in [0.3, 0.4) is 0 Å². The highest BCUT2D eigenvalue weighted by Crippen LogP contribution is 2.38. The number of anilines is 2. The molecule has 1 atom stereocenters. The molecule has 0 heterocycles. The summed E-state index contributed by atoms with van der Waals surface area (Å²) in [7, 11) is 3.11. The molecule has 0 spiro atoms. The summed E-state index contributed by atoms with van der Waals surface area (Å²) >= 11 is 7.33. The first-order chi connectivity index (χ1) is 18.4. The van der Waals surface area contributed by atoms with Crippen molar-refractivity contribution >= 4 is 46.6 Å². The topological polar surface area (TPSA) is 76.7 Å². The Bertz CT molecular complexity index is 1400. The molecule has 2 amide bonds. The fourth-order valence-corrected chi connectivity index (χ4v) is 4.99. The van der Waals surface area contributed by atoms with Gasteiger partial charge in [0, 0.05) is 21.7 Å². The number of hydrogen-bond acceptors (Lipinski definition) is 5. The Balaban J connectivity index is 1.51. The molecular weight excluding hydrogens is 520 g/mol. The number of hydrogen-bond donors (Lipinski definition) is 2. The minimum atomic E-state index is -0.553. The van der Waals surface area contributed by atoms with E-state index in [0.29, 0.717) is 27.9 Å². The number of thioether (sulfide) groups is 1. The zero-order valence-electron chi connectivity index (χ0n) is 20.9.